The molecular formula is C13H28ClN3O. The standard InChI is InChI=1S/C13H27N3O.ClH/c1-4-5-12(14)13(17)16-8-6-11(7-9-16)10-15(2)3;/h11-12H,4-10,14H2,1-3H3;1H. The summed E-state index contributed by atoms with van der Waals surface area (Å²) in [6.07, 6.45) is 4.01. The average molecular weight is 278 g/mol. The molecule has 2 N–H and O–H groups in total. The topological polar surface area (TPSA) is 49.6 Å². The Morgan fingerprint density at radius 3 is 2.39 bits per heavy atom. The summed E-state index contributed by atoms with van der Waals surface area (Å²) < 4.78 is 0. The summed E-state index contributed by atoms with van der Waals surface area (Å²) in [7, 11) is 4.21. The van der Waals surface area contributed by atoms with Gasteiger partial charge >= 0.3 is 0 Å². The zero-order chi connectivity index (χ0) is 12.8. The van der Waals surface area contributed by atoms with Crippen LogP contribution in [-0.2, 0) is 4.79 Å². The third-order valence-corrected chi connectivity index (χ3v) is 3.47. The van der Waals surface area contributed by atoms with Gasteiger partial charge in [0.15, 0.2) is 0 Å². The summed E-state index contributed by atoms with van der Waals surface area (Å²) in [5.41, 5.74) is 5.87. The molecule has 0 spiro atoms. The van der Waals surface area contributed by atoms with Gasteiger partial charge in [0.2, 0.25) is 5.91 Å². The molecule has 0 bridgehead atoms. The van der Waals surface area contributed by atoms with Crippen LogP contribution in [0.3, 0.4) is 0 Å². The number of nitrogens with zero attached hydrogens (tertiary/aromatic N) is 2. The first kappa shape index (κ1) is 17.7. The molecule has 0 aromatic carbocycles. The van der Waals surface area contributed by atoms with Crippen LogP contribution in [0.5, 0.6) is 0 Å². The fraction of sp³-hybridized carbons (Fsp3) is 0.923. The van der Waals surface area contributed by atoms with Gasteiger partial charge in [0.05, 0.1) is 6.04 Å². The predicted molar refractivity (Wildman–Crippen MR) is 78.0 cm³/mol. The van der Waals surface area contributed by atoms with Gasteiger partial charge in [-0.3, -0.25) is 4.79 Å². The average Bonchev–Trinajstić information content (AvgIpc) is 2.28. The second-order valence-electron chi connectivity index (χ2n) is 5.43. The summed E-state index contributed by atoms with van der Waals surface area (Å²) in [5, 5.41) is 0. The number of likely N-dealkylation sites (tertiary alicyclic amines) is 1. The minimum Gasteiger partial charge on any atom is -0.341 e. The number of halogens is 1. The van der Waals surface area contributed by atoms with Crippen LogP contribution in [0.25, 0.3) is 0 Å². The zero-order valence-electron chi connectivity index (χ0n) is 11.9. The van der Waals surface area contributed by atoms with Gasteiger partial charge < -0.3 is 15.5 Å². The van der Waals surface area contributed by atoms with Crippen LogP contribution in [0.4, 0.5) is 0 Å². The molecule has 0 saturated carbocycles. The number of hydrogen-bond acceptors (Lipinski definition) is 3. The van der Waals surface area contributed by atoms with Gasteiger partial charge in [-0.15, -0.1) is 12.4 Å². The van der Waals surface area contributed by atoms with Crippen LogP contribution in [0.15, 0.2) is 0 Å². The van der Waals surface area contributed by atoms with Crippen molar-refractivity contribution in [2.24, 2.45) is 11.7 Å². The summed E-state index contributed by atoms with van der Waals surface area (Å²) in [6.45, 7) is 4.96. The van der Waals surface area contributed by atoms with Gasteiger partial charge in [-0.2, -0.15) is 0 Å². The molecule has 1 fully saturated rings. The van der Waals surface area contributed by atoms with Crippen molar-refractivity contribution >= 4 is 18.3 Å². The molecule has 1 rings (SSSR count). The van der Waals surface area contributed by atoms with Gasteiger partial charge in [-0.05, 0) is 39.3 Å². The normalized spacial score (nSPS) is 18.6. The maximum Gasteiger partial charge on any atom is 0.239 e. The monoisotopic (exact) mass is 277 g/mol. The SMILES string of the molecule is CCCC(N)C(=O)N1CCC(CN(C)C)CC1.Cl. The van der Waals surface area contributed by atoms with Gasteiger partial charge in [0.25, 0.3) is 0 Å². The molecule has 18 heavy (non-hydrogen) atoms. The van der Waals surface area contributed by atoms with E-state index in [1.54, 1.807) is 0 Å². The Bertz CT molecular complexity index is 240. The largest absolute Gasteiger partial charge is 0.341 e. The number of piperidine rings is 1. The Labute approximate surface area is 117 Å². The van der Waals surface area contributed by atoms with Crippen molar-refractivity contribution in [2.75, 3.05) is 33.7 Å². The maximum absolute atomic E-state index is 12.0. The van der Waals surface area contributed by atoms with Crippen LogP contribution in [0.1, 0.15) is 32.6 Å². The summed E-state index contributed by atoms with van der Waals surface area (Å²) in [5.74, 6) is 0.881. The third kappa shape index (κ3) is 5.55. The van der Waals surface area contributed by atoms with E-state index in [0.717, 1.165) is 51.2 Å². The highest BCUT2D eigenvalue weighted by Crippen LogP contribution is 2.18. The number of rotatable bonds is 5. The van der Waals surface area contributed by atoms with Crippen LogP contribution in [0.2, 0.25) is 0 Å². The molecular weight excluding hydrogens is 250 g/mol. The molecule has 0 aliphatic carbocycles. The first-order valence-electron chi connectivity index (χ1n) is 6.73. The minimum atomic E-state index is -0.287. The Morgan fingerprint density at radius 2 is 1.94 bits per heavy atom. The summed E-state index contributed by atoms with van der Waals surface area (Å²) >= 11 is 0. The first-order chi connectivity index (χ1) is 8.04. The highest BCUT2D eigenvalue weighted by Gasteiger charge is 2.25. The second kappa shape index (κ2) is 8.73. The smallest absolute Gasteiger partial charge is 0.239 e. The van der Waals surface area contributed by atoms with Crippen molar-refractivity contribution in [2.45, 2.75) is 38.6 Å². The van der Waals surface area contributed by atoms with E-state index in [-0.39, 0.29) is 24.4 Å². The van der Waals surface area contributed by atoms with E-state index >= 15 is 0 Å². The van der Waals surface area contributed by atoms with E-state index in [2.05, 4.69) is 25.9 Å². The predicted octanol–water partition coefficient (Wildman–Crippen LogP) is 1.34. The van der Waals surface area contributed by atoms with Gasteiger partial charge in [0.1, 0.15) is 0 Å². The summed E-state index contributed by atoms with van der Waals surface area (Å²) in [6, 6.07) is -0.287. The molecule has 0 radical (unpaired) electrons. The van der Waals surface area contributed by atoms with Crippen LogP contribution >= 0.6 is 12.4 Å². The molecule has 5 heteroatoms. The van der Waals surface area contributed by atoms with Crippen LogP contribution < -0.4 is 5.73 Å². The molecule has 1 heterocycles. The number of carbonyl (C=O) groups excluding carboxylic acids is 1. The lowest BCUT2D eigenvalue weighted by Crippen LogP contribution is -2.47. The number of amides is 1. The number of carbonyl (C=O) groups is 1. The van der Waals surface area contributed by atoms with E-state index in [1.807, 2.05) is 4.90 Å². The first-order valence-corrected chi connectivity index (χ1v) is 6.73. The molecule has 1 unspecified atom stereocenters. The van der Waals surface area contributed by atoms with E-state index in [4.69, 9.17) is 5.73 Å². The van der Waals surface area contributed by atoms with Crippen molar-refractivity contribution < 1.29 is 4.79 Å². The Balaban J connectivity index is 0.00000289. The van der Waals surface area contributed by atoms with Gasteiger partial charge in [-0.25, -0.2) is 0 Å². The summed E-state index contributed by atoms with van der Waals surface area (Å²) in [4.78, 5) is 16.2. The van der Waals surface area contributed by atoms with E-state index in [1.165, 1.54) is 0 Å². The lowest BCUT2D eigenvalue weighted by Gasteiger charge is -2.34. The molecule has 0 aromatic rings. The van der Waals surface area contributed by atoms with Gasteiger partial charge in [-0.1, -0.05) is 13.3 Å². The molecule has 1 saturated heterocycles. The third-order valence-electron chi connectivity index (χ3n) is 3.47. The Morgan fingerprint density at radius 1 is 1.39 bits per heavy atom. The maximum atomic E-state index is 12.0. The molecule has 1 atom stereocenters. The van der Waals surface area contributed by atoms with Crippen molar-refractivity contribution in [3.63, 3.8) is 0 Å². The molecule has 1 aliphatic heterocycles. The molecule has 4 nitrogen and oxygen atoms in total. The van der Waals surface area contributed by atoms with Crippen molar-refractivity contribution in [1.82, 2.24) is 9.80 Å². The van der Waals surface area contributed by atoms with Crippen LogP contribution in [-0.4, -0.2) is 55.5 Å². The number of nitrogens with two attached hydrogens (primary N) is 1. The molecule has 0 aromatic heterocycles. The lowest BCUT2D eigenvalue weighted by atomic mass is 9.95. The van der Waals surface area contributed by atoms with Gasteiger partial charge in [0, 0.05) is 19.6 Å². The van der Waals surface area contributed by atoms with Crippen LogP contribution in [0, 0.1) is 5.92 Å². The zero-order valence-corrected chi connectivity index (χ0v) is 12.7. The lowest BCUT2D eigenvalue weighted by molar-refractivity contribution is -0.134. The molecule has 1 amide bonds. The molecule has 1 aliphatic rings. The van der Waals surface area contributed by atoms with Crippen molar-refractivity contribution in [3.8, 4) is 0 Å². The minimum absolute atomic E-state index is 0. The quantitative estimate of drug-likeness (QED) is 0.825. The van der Waals surface area contributed by atoms with E-state index in [0.29, 0.717) is 0 Å². The Hall–Kier alpha value is -0.320. The van der Waals surface area contributed by atoms with E-state index < -0.39 is 0 Å². The highest BCUT2D eigenvalue weighted by molar-refractivity contribution is 5.85. The second-order valence-corrected chi connectivity index (χ2v) is 5.43. The number of hydrogen-bond donors (Lipinski definition) is 1. The van der Waals surface area contributed by atoms with Crippen molar-refractivity contribution in [1.29, 1.82) is 0 Å². The fourth-order valence-electron chi connectivity index (χ4n) is 2.52. The Kier molecular flexibility index (Phi) is 8.57. The van der Waals surface area contributed by atoms with Crippen molar-refractivity contribution in [3.05, 3.63) is 0 Å². The highest BCUT2D eigenvalue weighted by atomic mass is 35.5. The van der Waals surface area contributed by atoms with E-state index in [9.17, 15) is 4.79 Å². The fourth-order valence-corrected chi connectivity index (χ4v) is 2.52. The molecule has 108 valence electrons.